The molecule has 2 aromatic rings. The average molecular weight is 241 g/mol. The van der Waals surface area contributed by atoms with Gasteiger partial charge in [0.25, 0.3) is 0 Å². The minimum atomic E-state index is 0.516. The number of ether oxygens (including phenoxy) is 1. The van der Waals surface area contributed by atoms with Gasteiger partial charge in [-0.25, -0.2) is 0 Å². The summed E-state index contributed by atoms with van der Waals surface area (Å²) in [5.74, 6) is 1.39. The normalized spacial score (nSPS) is 10.6. The average Bonchev–Trinajstić information content (AvgIpc) is 2.38. The highest BCUT2D eigenvalue weighted by atomic mass is 16.5. The smallest absolute Gasteiger partial charge is 0.120 e. The maximum absolute atomic E-state index is 6.02. The molecule has 2 rings (SSSR count). The molecule has 2 nitrogen and oxygen atoms in total. The van der Waals surface area contributed by atoms with E-state index in [-0.39, 0.29) is 0 Å². The van der Waals surface area contributed by atoms with Crippen LogP contribution in [0.25, 0.3) is 11.1 Å². The highest BCUT2D eigenvalue weighted by Crippen LogP contribution is 2.29. The van der Waals surface area contributed by atoms with E-state index in [9.17, 15) is 0 Å². The molecule has 0 atom stereocenters. The number of nitrogens with two attached hydrogens (primary N) is 1. The van der Waals surface area contributed by atoms with Crippen LogP contribution in [0, 0.1) is 5.92 Å². The van der Waals surface area contributed by atoms with E-state index in [0.29, 0.717) is 5.92 Å². The third-order valence-electron chi connectivity index (χ3n) is 2.69. The summed E-state index contributed by atoms with van der Waals surface area (Å²) in [5.41, 5.74) is 8.94. The molecule has 0 fully saturated rings. The van der Waals surface area contributed by atoms with Gasteiger partial charge in [0.15, 0.2) is 0 Å². The number of hydrogen-bond acceptors (Lipinski definition) is 2. The Labute approximate surface area is 108 Å². The van der Waals surface area contributed by atoms with Gasteiger partial charge in [-0.3, -0.25) is 0 Å². The number of benzene rings is 2. The van der Waals surface area contributed by atoms with Crippen LogP contribution in [-0.4, -0.2) is 6.61 Å². The van der Waals surface area contributed by atoms with Crippen molar-refractivity contribution < 1.29 is 4.74 Å². The third kappa shape index (κ3) is 3.04. The van der Waals surface area contributed by atoms with E-state index in [0.717, 1.165) is 29.2 Å². The predicted octanol–water partition coefficient (Wildman–Crippen LogP) is 3.97. The summed E-state index contributed by atoms with van der Waals surface area (Å²) in [4.78, 5) is 0. The lowest BCUT2D eigenvalue weighted by Crippen LogP contribution is -2.04. The molecule has 0 radical (unpaired) electrons. The first-order valence-electron chi connectivity index (χ1n) is 6.24. The van der Waals surface area contributed by atoms with Gasteiger partial charge >= 0.3 is 0 Å². The second-order valence-corrected chi connectivity index (χ2v) is 4.82. The molecular weight excluding hydrogens is 222 g/mol. The molecule has 2 aromatic carbocycles. The lowest BCUT2D eigenvalue weighted by molar-refractivity contribution is 0.271. The van der Waals surface area contributed by atoms with E-state index >= 15 is 0 Å². The van der Waals surface area contributed by atoms with Crippen molar-refractivity contribution in [3.8, 4) is 16.9 Å². The van der Waals surface area contributed by atoms with Crippen molar-refractivity contribution in [2.24, 2.45) is 5.92 Å². The van der Waals surface area contributed by atoms with E-state index in [2.05, 4.69) is 26.0 Å². The molecule has 0 aromatic heterocycles. The van der Waals surface area contributed by atoms with Gasteiger partial charge in [0.1, 0.15) is 5.75 Å². The van der Waals surface area contributed by atoms with E-state index in [1.807, 2.05) is 36.4 Å². The van der Waals surface area contributed by atoms with E-state index < -0.39 is 0 Å². The van der Waals surface area contributed by atoms with Crippen LogP contribution in [0.3, 0.4) is 0 Å². The lowest BCUT2D eigenvalue weighted by Gasteiger charge is -2.12. The van der Waals surface area contributed by atoms with Gasteiger partial charge in [0.2, 0.25) is 0 Å². The topological polar surface area (TPSA) is 35.2 Å². The van der Waals surface area contributed by atoms with Crippen LogP contribution in [0.15, 0.2) is 48.5 Å². The van der Waals surface area contributed by atoms with Crippen molar-refractivity contribution in [1.82, 2.24) is 0 Å². The fraction of sp³-hybridized carbons (Fsp3) is 0.250. The van der Waals surface area contributed by atoms with Crippen molar-refractivity contribution in [2.45, 2.75) is 13.8 Å². The van der Waals surface area contributed by atoms with E-state index in [4.69, 9.17) is 10.5 Å². The first-order valence-corrected chi connectivity index (χ1v) is 6.24. The highest BCUT2D eigenvalue weighted by molar-refractivity contribution is 5.77. The molecule has 0 saturated carbocycles. The van der Waals surface area contributed by atoms with Crippen LogP contribution >= 0.6 is 0 Å². The third-order valence-corrected chi connectivity index (χ3v) is 2.69. The van der Waals surface area contributed by atoms with Crippen molar-refractivity contribution in [2.75, 3.05) is 12.3 Å². The molecule has 0 unspecified atom stereocenters. The summed E-state index contributed by atoms with van der Waals surface area (Å²) in [5, 5.41) is 0. The Morgan fingerprint density at radius 2 is 1.78 bits per heavy atom. The van der Waals surface area contributed by atoms with Crippen LogP contribution in [0.4, 0.5) is 5.69 Å². The minimum absolute atomic E-state index is 0.516. The molecule has 94 valence electrons. The molecule has 0 saturated heterocycles. The molecule has 18 heavy (non-hydrogen) atoms. The Kier molecular flexibility index (Phi) is 3.88. The Balaban J connectivity index is 2.27. The summed E-state index contributed by atoms with van der Waals surface area (Å²) in [6.45, 7) is 4.99. The van der Waals surface area contributed by atoms with Gasteiger partial charge < -0.3 is 10.5 Å². The van der Waals surface area contributed by atoms with Gasteiger partial charge in [-0.1, -0.05) is 44.2 Å². The van der Waals surface area contributed by atoms with Crippen LogP contribution in [0.2, 0.25) is 0 Å². The van der Waals surface area contributed by atoms with Crippen molar-refractivity contribution in [3.05, 3.63) is 48.5 Å². The molecule has 0 aliphatic carbocycles. The number of rotatable bonds is 4. The number of nitrogen functional groups attached to an aromatic ring is 1. The quantitative estimate of drug-likeness (QED) is 0.822. The minimum Gasteiger partial charge on any atom is -0.493 e. The zero-order chi connectivity index (χ0) is 13.0. The Hall–Kier alpha value is -1.96. The molecule has 0 spiro atoms. The first-order chi connectivity index (χ1) is 8.66. The lowest BCUT2D eigenvalue weighted by atomic mass is 10.0. The molecule has 2 heteroatoms. The molecular formula is C16H19NO. The van der Waals surface area contributed by atoms with Crippen LogP contribution < -0.4 is 10.5 Å². The van der Waals surface area contributed by atoms with Crippen LogP contribution in [-0.2, 0) is 0 Å². The largest absolute Gasteiger partial charge is 0.493 e. The zero-order valence-corrected chi connectivity index (χ0v) is 10.9. The monoisotopic (exact) mass is 241 g/mol. The standard InChI is InChI=1S/C16H19NO/c1-12(2)11-18-14-8-9-16(17)15(10-14)13-6-4-3-5-7-13/h3-10,12H,11,17H2,1-2H3. The molecule has 2 N–H and O–H groups in total. The van der Waals surface area contributed by atoms with Crippen molar-refractivity contribution >= 4 is 5.69 Å². The second-order valence-electron chi connectivity index (χ2n) is 4.82. The SMILES string of the molecule is CC(C)COc1ccc(N)c(-c2ccccc2)c1. The molecule has 0 aliphatic rings. The first kappa shape index (κ1) is 12.5. The van der Waals surface area contributed by atoms with Gasteiger partial charge in [-0.05, 0) is 29.7 Å². The number of anilines is 1. The molecule has 0 amide bonds. The predicted molar refractivity (Wildman–Crippen MR) is 76.6 cm³/mol. The number of hydrogen-bond donors (Lipinski definition) is 1. The Morgan fingerprint density at radius 1 is 1.06 bits per heavy atom. The molecule has 0 heterocycles. The van der Waals surface area contributed by atoms with Crippen molar-refractivity contribution in [3.63, 3.8) is 0 Å². The Morgan fingerprint density at radius 3 is 2.44 bits per heavy atom. The second kappa shape index (κ2) is 5.58. The maximum atomic E-state index is 6.02. The summed E-state index contributed by atoms with van der Waals surface area (Å²) in [6.07, 6.45) is 0. The Bertz CT molecular complexity index is 506. The van der Waals surface area contributed by atoms with Crippen LogP contribution in [0.5, 0.6) is 5.75 Å². The zero-order valence-electron chi connectivity index (χ0n) is 10.9. The van der Waals surface area contributed by atoms with Gasteiger partial charge in [0, 0.05) is 11.3 Å². The fourth-order valence-electron chi connectivity index (χ4n) is 1.76. The van der Waals surface area contributed by atoms with E-state index in [1.54, 1.807) is 0 Å². The molecule has 0 bridgehead atoms. The molecule has 0 aliphatic heterocycles. The van der Waals surface area contributed by atoms with E-state index in [1.165, 1.54) is 0 Å². The summed E-state index contributed by atoms with van der Waals surface area (Å²) >= 11 is 0. The summed E-state index contributed by atoms with van der Waals surface area (Å²) in [6, 6.07) is 16.0. The fourth-order valence-corrected chi connectivity index (χ4v) is 1.76. The summed E-state index contributed by atoms with van der Waals surface area (Å²) in [7, 11) is 0. The van der Waals surface area contributed by atoms with Gasteiger partial charge in [-0.15, -0.1) is 0 Å². The van der Waals surface area contributed by atoms with Crippen LogP contribution in [0.1, 0.15) is 13.8 Å². The van der Waals surface area contributed by atoms with Gasteiger partial charge in [-0.2, -0.15) is 0 Å². The highest BCUT2D eigenvalue weighted by Gasteiger charge is 2.05. The van der Waals surface area contributed by atoms with Crippen molar-refractivity contribution in [1.29, 1.82) is 0 Å². The maximum Gasteiger partial charge on any atom is 0.120 e. The van der Waals surface area contributed by atoms with Gasteiger partial charge in [0.05, 0.1) is 6.61 Å². The summed E-state index contributed by atoms with van der Waals surface area (Å²) < 4.78 is 5.73.